The van der Waals surface area contributed by atoms with Gasteiger partial charge < -0.3 is 5.53 Å². The van der Waals surface area contributed by atoms with Crippen molar-refractivity contribution in [3.05, 3.63) is 65.7 Å². The van der Waals surface area contributed by atoms with Crippen molar-refractivity contribution in [2.24, 2.45) is 0 Å². The first kappa shape index (κ1) is 17.2. The normalized spacial score (nSPS) is 31.7. The lowest BCUT2D eigenvalue weighted by molar-refractivity contribution is -0.115. The number of nitrogens with zero attached hydrogens (tertiary/aromatic N) is 2. The number of hydrogen-bond acceptors (Lipinski definition) is 1. The SMILES string of the molecule is [N-]=[N+]=C1CC[C]2[CH][C]3CCC[C]4[CH][C]([C]5CCC[C]2[C]3CCC[C]45)C1=O. The van der Waals surface area contributed by atoms with Crippen LogP contribution >= 0.6 is 0 Å². The van der Waals surface area contributed by atoms with E-state index < -0.39 is 0 Å². The van der Waals surface area contributed by atoms with Gasteiger partial charge in [0, 0.05) is 0 Å². The van der Waals surface area contributed by atoms with Crippen LogP contribution < -0.4 is 0 Å². The van der Waals surface area contributed by atoms with Gasteiger partial charge in [0.1, 0.15) is 0 Å². The molecule has 0 unspecified atom stereocenters. The fourth-order valence-electron chi connectivity index (χ4n) is 5.54. The molecule has 5 aliphatic carbocycles. The first-order chi connectivity index (χ1) is 12.8. The minimum absolute atomic E-state index is 0.0519. The third-order valence-electron chi connectivity index (χ3n) is 6.74. The van der Waals surface area contributed by atoms with E-state index in [1.54, 1.807) is 17.8 Å². The summed E-state index contributed by atoms with van der Waals surface area (Å²) in [7, 11) is 0. The summed E-state index contributed by atoms with van der Waals surface area (Å²) in [6.45, 7) is 0. The smallest absolute Gasteiger partial charge is 0.335 e. The van der Waals surface area contributed by atoms with E-state index in [0.29, 0.717) is 12.1 Å². The lowest BCUT2D eigenvalue weighted by atomic mass is 9.71. The second-order valence-electron chi connectivity index (χ2n) is 8.13. The molecule has 0 heterocycles. The highest BCUT2D eigenvalue weighted by atomic mass is 16.1. The number of Topliss-reactive ketones (excluding diaryl/α,β-unsaturated/α-hetero) is 1. The second kappa shape index (κ2) is 6.89. The van der Waals surface area contributed by atoms with E-state index >= 15 is 0 Å². The Labute approximate surface area is 157 Å². The molecule has 0 amide bonds. The third-order valence-corrected chi connectivity index (χ3v) is 6.74. The number of rotatable bonds is 0. The van der Waals surface area contributed by atoms with Gasteiger partial charge in [-0.2, -0.15) is 4.79 Å². The number of fused-ring (bicyclic) bond motifs is 4. The molecule has 4 bridgehead atoms. The average molecular weight is 344 g/mol. The van der Waals surface area contributed by atoms with E-state index in [4.69, 9.17) is 0 Å². The highest BCUT2D eigenvalue weighted by Crippen LogP contribution is 2.60. The predicted molar refractivity (Wildman–Crippen MR) is 99.0 cm³/mol. The van der Waals surface area contributed by atoms with Crippen LogP contribution in [0.25, 0.3) is 5.53 Å². The summed E-state index contributed by atoms with van der Waals surface area (Å²) in [6, 6.07) is 0. The molecule has 0 saturated heterocycles. The van der Waals surface area contributed by atoms with Crippen LogP contribution in [0.5, 0.6) is 0 Å². The van der Waals surface area contributed by atoms with Crippen LogP contribution in [-0.4, -0.2) is 16.3 Å². The Morgan fingerprint density at radius 2 is 1.19 bits per heavy atom. The summed E-state index contributed by atoms with van der Waals surface area (Å²) in [6.07, 6.45) is 15.8. The second-order valence-corrected chi connectivity index (χ2v) is 8.13. The maximum Gasteiger partial charge on any atom is 0.335 e. The molecule has 0 aromatic carbocycles. The van der Waals surface area contributed by atoms with Gasteiger partial charge in [0.15, 0.2) is 0 Å². The minimum Gasteiger partial charge on any atom is -0.361 e. The van der Waals surface area contributed by atoms with Crippen molar-refractivity contribution in [1.29, 1.82) is 0 Å². The van der Waals surface area contributed by atoms with Crippen LogP contribution in [0.15, 0.2) is 0 Å². The number of ketones is 1. The molecule has 5 fully saturated rings. The highest BCUT2D eigenvalue weighted by molar-refractivity contribution is 6.44. The van der Waals surface area contributed by atoms with E-state index in [1.165, 1.54) is 36.5 Å². The lowest BCUT2D eigenvalue weighted by Crippen LogP contribution is -2.26. The zero-order chi connectivity index (χ0) is 17.7. The largest absolute Gasteiger partial charge is 0.361 e. The van der Waals surface area contributed by atoms with E-state index in [9.17, 15) is 10.3 Å². The van der Waals surface area contributed by atoms with Gasteiger partial charge in [0.05, 0.1) is 12.3 Å². The molecule has 5 rings (SSSR count). The quantitative estimate of drug-likeness (QED) is 0.468. The summed E-state index contributed by atoms with van der Waals surface area (Å²) in [5, 5.41) is 0. The maximum atomic E-state index is 13.2. The molecule has 5 saturated carbocycles. The molecule has 26 heavy (non-hydrogen) atoms. The molecule has 0 N–H and O–H groups in total. The topological polar surface area (TPSA) is 53.5 Å². The van der Waals surface area contributed by atoms with Crippen LogP contribution in [0.3, 0.4) is 0 Å². The van der Waals surface area contributed by atoms with Crippen molar-refractivity contribution in [3.63, 3.8) is 0 Å². The van der Waals surface area contributed by atoms with Crippen LogP contribution in [0.4, 0.5) is 0 Å². The summed E-state index contributed by atoms with van der Waals surface area (Å²) in [5.74, 6) is 10.9. The first-order valence-electron chi connectivity index (χ1n) is 10.1. The van der Waals surface area contributed by atoms with Gasteiger partial charge >= 0.3 is 5.71 Å². The van der Waals surface area contributed by atoms with Crippen molar-refractivity contribution in [2.75, 3.05) is 0 Å². The van der Waals surface area contributed by atoms with Gasteiger partial charge in [-0.15, -0.1) is 0 Å². The molecular weight excluding hydrogens is 320 g/mol. The molecule has 3 heteroatoms. The first-order valence-corrected chi connectivity index (χ1v) is 10.1. The summed E-state index contributed by atoms with van der Waals surface area (Å²) >= 11 is 0. The average Bonchev–Trinajstić information content (AvgIpc) is 3.16. The number of carbonyl (C=O) groups excluding carboxylic acids is 1. The van der Waals surface area contributed by atoms with E-state index in [1.807, 2.05) is 0 Å². The van der Waals surface area contributed by atoms with Crippen molar-refractivity contribution in [1.82, 2.24) is 0 Å². The zero-order valence-electron chi connectivity index (χ0n) is 15.2. The zero-order valence-corrected chi connectivity index (χ0v) is 15.2. The Balaban J connectivity index is 1.61. The highest BCUT2D eigenvalue weighted by Gasteiger charge is 2.53. The molecular formula is C23H24N2O. The van der Waals surface area contributed by atoms with Gasteiger partial charge in [-0.1, -0.05) is 19.3 Å². The van der Waals surface area contributed by atoms with Crippen LogP contribution in [-0.2, 0) is 4.79 Å². The Kier molecular flexibility index (Phi) is 4.55. The van der Waals surface area contributed by atoms with Crippen LogP contribution in [0, 0.1) is 60.2 Å². The Morgan fingerprint density at radius 1 is 0.654 bits per heavy atom. The van der Waals surface area contributed by atoms with Crippen LogP contribution in [0.2, 0.25) is 0 Å². The summed E-state index contributed by atoms with van der Waals surface area (Å²) in [5.41, 5.74) is 9.85. The van der Waals surface area contributed by atoms with Crippen molar-refractivity contribution in [2.45, 2.75) is 70.6 Å². The van der Waals surface area contributed by atoms with Crippen molar-refractivity contribution < 1.29 is 9.58 Å². The van der Waals surface area contributed by atoms with Crippen LogP contribution in [0.1, 0.15) is 70.6 Å². The molecule has 3 nitrogen and oxygen atoms in total. The van der Waals surface area contributed by atoms with E-state index in [-0.39, 0.29) is 5.78 Å². The Hall–Kier alpha value is -0.950. The molecule has 0 aliphatic heterocycles. The lowest BCUT2D eigenvalue weighted by Gasteiger charge is -2.32. The number of carbonyl (C=O) groups is 1. The third kappa shape index (κ3) is 2.73. The fourth-order valence-corrected chi connectivity index (χ4v) is 5.54. The minimum atomic E-state index is -0.0519. The monoisotopic (exact) mass is 344 g/mol. The molecule has 0 aromatic rings. The molecule has 0 atom stereocenters. The van der Waals surface area contributed by atoms with Gasteiger partial charge in [-0.05, 0) is 99.2 Å². The summed E-state index contributed by atoms with van der Waals surface area (Å²) in [4.78, 5) is 16.6. The van der Waals surface area contributed by atoms with Crippen molar-refractivity contribution >= 4 is 11.5 Å². The molecule has 5 aliphatic rings. The molecule has 132 valence electrons. The molecule has 0 spiro atoms. The maximum absolute atomic E-state index is 13.2. The molecule has 10 radical (unpaired) electrons. The molecule has 0 aromatic heterocycles. The predicted octanol–water partition coefficient (Wildman–Crippen LogP) is 4.59. The van der Waals surface area contributed by atoms with Gasteiger partial charge in [-0.3, -0.25) is 4.79 Å². The van der Waals surface area contributed by atoms with Crippen molar-refractivity contribution in [3.8, 4) is 0 Å². The van der Waals surface area contributed by atoms with E-state index in [0.717, 1.165) is 57.3 Å². The van der Waals surface area contributed by atoms with E-state index in [2.05, 4.69) is 17.6 Å². The Morgan fingerprint density at radius 3 is 1.88 bits per heavy atom. The van der Waals surface area contributed by atoms with Gasteiger partial charge in [0.25, 0.3) is 0 Å². The summed E-state index contributed by atoms with van der Waals surface area (Å²) < 4.78 is 0. The number of hydrogen-bond donors (Lipinski definition) is 0. The Bertz CT molecular complexity index is 622. The fraction of sp³-hybridized carbons (Fsp3) is 0.478. The van der Waals surface area contributed by atoms with Gasteiger partial charge in [0.2, 0.25) is 5.78 Å². The standard InChI is InChI=1S/C23H24N2O/c24-25-22-11-10-16-12-14-4-1-5-15-13-21(23(22)26)20-9-3-7-18(16)17(14)6-2-8-19(15)20/h12-13H,1-11H2. The van der Waals surface area contributed by atoms with Gasteiger partial charge in [-0.25, -0.2) is 0 Å².